The Bertz CT molecular complexity index is 361. The van der Waals surface area contributed by atoms with Gasteiger partial charge in [-0.1, -0.05) is 19.4 Å². The number of thiophene rings is 1. The molecule has 0 bridgehead atoms. The molecule has 0 saturated heterocycles. The topological polar surface area (TPSA) is 29.3 Å². The van der Waals surface area contributed by atoms with Gasteiger partial charge in [0.05, 0.1) is 0 Å². The van der Waals surface area contributed by atoms with Crippen LogP contribution in [-0.2, 0) is 6.54 Å². The monoisotopic (exact) mass is 266 g/mol. The molecule has 2 rings (SSSR count). The maximum absolute atomic E-state index is 6.31. The van der Waals surface area contributed by atoms with E-state index in [2.05, 4.69) is 43.2 Å². The van der Waals surface area contributed by atoms with Crippen LogP contribution in [0.15, 0.2) is 17.5 Å². The molecular weight excluding hydrogens is 240 g/mol. The Kier molecular flexibility index (Phi) is 4.46. The summed E-state index contributed by atoms with van der Waals surface area (Å²) in [6, 6.07) is 5.33. The summed E-state index contributed by atoms with van der Waals surface area (Å²) in [5.41, 5.74) is 6.62. The van der Waals surface area contributed by atoms with E-state index in [1.165, 1.54) is 24.1 Å². The predicted octanol–water partition coefficient (Wildman–Crippen LogP) is 3.48. The van der Waals surface area contributed by atoms with Crippen LogP contribution in [0.4, 0.5) is 0 Å². The second kappa shape index (κ2) is 5.72. The lowest BCUT2D eigenvalue weighted by Crippen LogP contribution is -2.46. The highest BCUT2D eigenvalue weighted by Crippen LogP contribution is 2.38. The fraction of sp³-hybridized carbons (Fsp3) is 0.733. The zero-order valence-electron chi connectivity index (χ0n) is 11.9. The molecule has 1 fully saturated rings. The van der Waals surface area contributed by atoms with E-state index in [1.807, 2.05) is 11.3 Å². The van der Waals surface area contributed by atoms with Crippen LogP contribution < -0.4 is 5.73 Å². The van der Waals surface area contributed by atoms with E-state index in [4.69, 9.17) is 5.73 Å². The molecule has 2 N–H and O–H groups in total. The molecule has 1 saturated carbocycles. The first-order valence-electron chi connectivity index (χ1n) is 7.03. The highest BCUT2D eigenvalue weighted by molar-refractivity contribution is 7.09. The Morgan fingerprint density at radius 2 is 2.33 bits per heavy atom. The summed E-state index contributed by atoms with van der Waals surface area (Å²) in [6.07, 6.45) is 3.77. The van der Waals surface area contributed by atoms with E-state index in [9.17, 15) is 0 Å². The molecule has 102 valence electrons. The average Bonchev–Trinajstić information content (AvgIpc) is 2.90. The molecule has 0 aromatic carbocycles. The third kappa shape index (κ3) is 3.14. The van der Waals surface area contributed by atoms with Crippen molar-refractivity contribution in [1.29, 1.82) is 0 Å². The standard InChI is InChI=1S/C15H26N2S/c1-12(2)17(10-13-6-5-9-18-13)11-15(3)8-4-7-14(15)16/h5-6,9,12,14H,4,7-8,10-11,16H2,1-3H3. The van der Waals surface area contributed by atoms with E-state index < -0.39 is 0 Å². The van der Waals surface area contributed by atoms with Crippen molar-refractivity contribution in [3.63, 3.8) is 0 Å². The first-order chi connectivity index (χ1) is 8.51. The van der Waals surface area contributed by atoms with Gasteiger partial charge < -0.3 is 5.73 Å². The summed E-state index contributed by atoms with van der Waals surface area (Å²) in [5.74, 6) is 0. The minimum absolute atomic E-state index is 0.307. The summed E-state index contributed by atoms with van der Waals surface area (Å²) in [4.78, 5) is 4.04. The highest BCUT2D eigenvalue weighted by atomic mass is 32.1. The molecule has 1 aliphatic carbocycles. The molecule has 3 heteroatoms. The zero-order chi connectivity index (χ0) is 13.2. The van der Waals surface area contributed by atoms with Gasteiger partial charge in [0.15, 0.2) is 0 Å². The molecule has 0 radical (unpaired) electrons. The molecular formula is C15H26N2S. The molecule has 0 spiro atoms. The van der Waals surface area contributed by atoms with Crippen molar-refractivity contribution < 1.29 is 0 Å². The zero-order valence-corrected chi connectivity index (χ0v) is 12.7. The Morgan fingerprint density at radius 3 is 2.83 bits per heavy atom. The van der Waals surface area contributed by atoms with Gasteiger partial charge in [-0.15, -0.1) is 11.3 Å². The van der Waals surface area contributed by atoms with Crippen molar-refractivity contribution in [3.8, 4) is 0 Å². The molecule has 1 aromatic rings. The summed E-state index contributed by atoms with van der Waals surface area (Å²) in [7, 11) is 0. The van der Waals surface area contributed by atoms with Gasteiger partial charge in [-0.25, -0.2) is 0 Å². The van der Waals surface area contributed by atoms with E-state index in [0.29, 0.717) is 17.5 Å². The number of nitrogens with zero attached hydrogens (tertiary/aromatic N) is 1. The van der Waals surface area contributed by atoms with Gasteiger partial charge >= 0.3 is 0 Å². The van der Waals surface area contributed by atoms with Crippen LogP contribution in [0.25, 0.3) is 0 Å². The largest absolute Gasteiger partial charge is 0.327 e. The van der Waals surface area contributed by atoms with Crippen LogP contribution in [0.2, 0.25) is 0 Å². The molecule has 1 heterocycles. The fourth-order valence-corrected chi connectivity index (χ4v) is 3.67. The van der Waals surface area contributed by atoms with Crippen LogP contribution in [0.1, 0.15) is 44.9 Å². The van der Waals surface area contributed by atoms with Crippen LogP contribution in [0, 0.1) is 5.41 Å². The van der Waals surface area contributed by atoms with Crippen molar-refractivity contribution >= 4 is 11.3 Å². The lowest BCUT2D eigenvalue weighted by molar-refractivity contribution is 0.119. The van der Waals surface area contributed by atoms with Gasteiger partial charge in [-0.2, -0.15) is 0 Å². The van der Waals surface area contributed by atoms with Crippen molar-refractivity contribution in [2.75, 3.05) is 6.54 Å². The summed E-state index contributed by atoms with van der Waals surface area (Å²) in [5, 5.41) is 2.16. The average molecular weight is 266 g/mol. The Morgan fingerprint density at radius 1 is 1.56 bits per heavy atom. The van der Waals surface area contributed by atoms with Crippen molar-refractivity contribution in [1.82, 2.24) is 4.90 Å². The van der Waals surface area contributed by atoms with E-state index >= 15 is 0 Å². The quantitative estimate of drug-likeness (QED) is 0.884. The van der Waals surface area contributed by atoms with Crippen LogP contribution in [0.3, 0.4) is 0 Å². The summed E-state index contributed by atoms with van der Waals surface area (Å²) >= 11 is 1.85. The van der Waals surface area contributed by atoms with Gasteiger partial charge in [0, 0.05) is 30.1 Å². The SMILES string of the molecule is CC(C)N(Cc1cccs1)CC1(C)CCCC1N. The smallest absolute Gasteiger partial charge is 0.0330 e. The lowest BCUT2D eigenvalue weighted by Gasteiger charge is -2.37. The molecule has 0 amide bonds. The summed E-state index contributed by atoms with van der Waals surface area (Å²) < 4.78 is 0. The molecule has 2 atom stereocenters. The Balaban J connectivity index is 2.02. The minimum Gasteiger partial charge on any atom is -0.327 e. The highest BCUT2D eigenvalue weighted by Gasteiger charge is 2.38. The van der Waals surface area contributed by atoms with E-state index in [1.54, 1.807) is 0 Å². The van der Waals surface area contributed by atoms with Crippen LogP contribution in [-0.4, -0.2) is 23.5 Å². The third-order valence-electron chi connectivity index (χ3n) is 4.39. The van der Waals surface area contributed by atoms with Gasteiger partial charge in [0.2, 0.25) is 0 Å². The first-order valence-corrected chi connectivity index (χ1v) is 7.91. The third-order valence-corrected chi connectivity index (χ3v) is 5.25. The fourth-order valence-electron chi connectivity index (χ4n) is 2.94. The second-order valence-corrected chi connectivity index (χ2v) is 7.26. The van der Waals surface area contributed by atoms with E-state index in [-0.39, 0.29) is 0 Å². The maximum atomic E-state index is 6.31. The van der Waals surface area contributed by atoms with Gasteiger partial charge in [0.1, 0.15) is 0 Å². The molecule has 18 heavy (non-hydrogen) atoms. The molecule has 1 aliphatic rings. The number of rotatable bonds is 5. The van der Waals surface area contributed by atoms with Gasteiger partial charge in [-0.05, 0) is 43.6 Å². The molecule has 2 unspecified atom stereocenters. The first kappa shape index (κ1) is 14.0. The summed E-state index contributed by atoms with van der Waals surface area (Å²) in [6.45, 7) is 9.14. The number of nitrogens with two attached hydrogens (primary N) is 1. The van der Waals surface area contributed by atoms with Crippen molar-refractivity contribution in [2.45, 2.75) is 58.7 Å². The number of hydrogen-bond donors (Lipinski definition) is 1. The van der Waals surface area contributed by atoms with E-state index in [0.717, 1.165) is 13.1 Å². The maximum Gasteiger partial charge on any atom is 0.0330 e. The van der Waals surface area contributed by atoms with Crippen molar-refractivity contribution in [3.05, 3.63) is 22.4 Å². The molecule has 2 nitrogen and oxygen atoms in total. The Labute approximate surface area is 115 Å². The number of hydrogen-bond acceptors (Lipinski definition) is 3. The normalized spacial score (nSPS) is 28.4. The van der Waals surface area contributed by atoms with Crippen LogP contribution >= 0.6 is 11.3 Å². The van der Waals surface area contributed by atoms with Crippen LogP contribution in [0.5, 0.6) is 0 Å². The van der Waals surface area contributed by atoms with Crippen molar-refractivity contribution in [2.24, 2.45) is 11.1 Å². The minimum atomic E-state index is 0.307. The predicted molar refractivity (Wildman–Crippen MR) is 79.8 cm³/mol. The second-order valence-electron chi connectivity index (χ2n) is 6.23. The Hall–Kier alpha value is -0.380. The molecule has 1 aromatic heterocycles. The lowest BCUT2D eigenvalue weighted by atomic mass is 9.84. The van der Waals surface area contributed by atoms with Gasteiger partial charge in [-0.3, -0.25) is 4.90 Å². The molecule has 0 aliphatic heterocycles. The van der Waals surface area contributed by atoms with Gasteiger partial charge in [0.25, 0.3) is 0 Å².